The molecule has 0 fully saturated rings. The maximum absolute atomic E-state index is 14.1. The van der Waals surface area contributed by atoms with E-state index in [2.05, 4.69) is 4.98 Å². The van der Waals surface area contributed by atoms with E-state index >= 15 is 0 Å². The minimum absolute atomic E-state index is 0.134. The Balaban J connectivity index is 1.83. The summed E-state index contributed by atoms with van der Waals surface area (Å²) in [5, 5.41) is 0. The van der Waals surface area contributed by atoms with Crippen LogP contribution in [0.3, 0.4) is 0 Å². The number of rotatable bonds is 2. The highest BCUT2D eigenvalue weighted by molar-refractivity contribution is 5.71. The molecule has 1 atom stereocenters. The third-order valence-electron chi connectivity index (χ3n) is 4.91. The highest BCUT2D eigenvalue weighted by atomic mass is 19.4. The fourth-order valence-electron chi connectivity index (χ4n) is 3.73. The van der Waals surface area contributed by atoms with Gasteiger partial charge < -0.3 is 0 Å². The molecule has 1 aliphatic rings. The van der Waals surface area contributed by atoms with E-state index in [9.17, 15) is 17.6 Å². The largest absolute Gasteiger partial charge is 0.419 e. The summed E-state index contributed by atoms with van der Waals surface area (Å²) >= 11 is 0. The molecule has 1 nitrogen and oxygen atoms in total. The summed E-state index contributed by atoms with van der Waals surface area (Å²) in [6, 6.07) is 13.0. The van der Waals surface area contributed by atoms with Crippen molar-refractivity contribution in [3.63, 3.8) is 0 Å². The van der Waals surface area contributed by atoms with Crippen LogP contribution in [0.5, 0.6) is 0 Å². The highest BCUT2D eigenvalue weighted by Gasteiger charge is 2.34. The topological polar surface area (TPSA) is 12.9 Å². The fourth-order valence-corrected chi connectivity index (χ4v) is 3.73. The molecule has 2 aromatic carbocycles. The van der Waals surface area contributed by atoms with E-state index in [1.165, 1.54) is 6.07 Å². The molecule has 0 amide bonds. The van der Waals surface area contributed by atoms with Crippen LogP contribution in [-0.4, -0.2) is 4.98 Å². The number of fused-ring (bicyclic) bond motifs is 1. The summed E-state index contributed by atoms with van der Waals surface area (Å²) in [5.41, 5.74) is 3.11. The van der Waals surface area contributed by atoms with Gasteiger partial charge in [-0.25, -0.2) is 4.39 Å². The number of hydrogen-bond acceptors (Lipinski definition) is 1. The summed E-state index contributed by atoms with van der Waals surface area (Å²) in [4.78, 5) is 4.22. The first-order valence-electron chi connectivity index (χ1n) is 8.34. The van der Waals surface area contributed by atoms with Crippen molar-refractivity contribution >= 4 is 0 Å². The lowest BCUT2D eigenvalue weighted by molar-refractivity contribution is -0.139. The Morgan fingerprint density at radius 1 is 0.962 bits per heavy atom. The van der Waals surface area contributed by atoms with Crippen LogP contribution < -0.4 is 0 Å². The Morgan fingerprint density at radius 3 is 2.42 bits per heavy atom. The third kappa shape index (κ3) is 2.87. The Kier molecular flexibility index (Phi) is 4.02. The molecular formula is C21H15F4N. The van der Waals surface area contributed by atoms with Crippen molar-refractivity contribution in [2.45, 2.75) is 24.9 Å². The van der Waals surface area contributed by atoms with Gasteiger partial charge in [0, 0.05) is 23.9 Å². The van der Waals surface area contributed by atoms with Gasteiger partial charge in [0.2, 0.25) is 0 Å². The van der Waals surface area contributed by atoms with E-state index in [1.807, 2.05) is 30.3 Å². The molecular weight excluding hydrogens is 342 g/mol. The van der Waals surface area contributed by atoms with E-state index in [0.717, 1.165) is 41.7 Å². The van der Waals surface area contributed by atoms with Gasteiger partial charge in [0.1, 0.15) is 5.82 Å². The molecule has 0 spiro atoms. The molecule has 0 aliphatic heterocycles. The number of nitrogens with zero attached hydrogens (tertiary/aromatic N) is 1. The summed E-state index contributed by atoms with van der Waals surface area (Å²) in [7, 11) is 0. The molecule has 1 aliphatic carbocycles. The lowest BCUT2D eigenvalue weighted by atomic mass is 9.88. The normalized spacial score (nSPS) is 16.5. The van der Waals surface area contributed by atoms with Crippen molar-refractivity contribution < 1.29 is 17.6 Å². The van der Waals surface area contributed by atoms with Gasteiger partial charge >= 0.3 is 6.18 Å². The number of alkyl halides is 3. The number of benzene rings is 2. The zero-order valence-corrected chi connectivity index (χ0v) is 13.7. The van der Waals surface area contributed by atoms with Crippen molar-refractivity contribution in [2.24, 2.45) is 0 Å². The number of pyridine rings is 1. The van der Waals surface area contributed by atoms with Gasteiger partial charge in [-0.15, -0.1) is 0 Å². The van der Waals surface area contributed by atoms with Crippen LogP contribution in [0.2, 0.25) is 0 Å². The van der Waals surface area contributed by atoms with Crippen molar-refractivity contribution in [1.29, 1.82) is 0 Å². The first-order chi connectivity index (χ1) is 12.4. The number of aryl methyl sites for hydroxylation is 1. The molecule has 0 saturated carbocycles. The van der Waals surface area contributed by atoms with Gasteiger partial charge in [-0.1, -0.05) is 36.4 Å². The summed E-state index contributed by atoms with van der Waals surface area (Å²) < 4.78 is 52.6. The van der Waals surface area contributed by atoms with Gasteiger partial charge in [-0.2, -0.15) is 13.2 Å². The summed E-state index contributed by atoms with van der Waals surface area (Å²) in [6.45, 7) is 0. The van der Waals surface area contributed by atoms with Crippen LogP contribution in [0.15, 0.2) is 60.9 Å². The summed E-state index contributed by atoms with van der Waals surface area (Å²) in [6.07, 6.45) is 0.455. The predicted molar refractivity (Wildman–Crippen MR) is 91.2 cm³/mol. The zero-order valence-electron chi connectivity index (χ0n) is 13.7. The van der Waals surface area contributed by atoms with Crippen LogP contribution in [-0.2, 0) is 12.6 Å². The van der Waals surface area contributed by atoms with Crippen LogP contribution in [0, 0.1) is 5.82 Å². The Bertz CT molecular complexity index is 948. The van der Waals surface area contributed by atoms with Crippen molar-refractivity contribution in [3.05, 3.63) is 89.0 Å². The number of hydrogen-bond donors (Lipinski definition) is 0. The molecule has 0 N–H and O–H groups in total. The van der Waals surface area contributed by atoms with Gasteiger partial charge in [-0.05, 0) is 47.2 Å². The van der Waals surface area contributed by atoms with Crippen molar-refractivity contribution in [2.75, 3.05) is 0 Å². The van der Waals surface area contributed by atoms with Crippen LogP contribution in [0.25, 0.3) is 11.1 Å². The first kappa shape index (κ1) is 16.8. The van der Waals surface area contributed by atoms with E-state index in [4.69, 9.17) is 0 Å². The van der Waals surface area contributed by atoms with Crippen LogP contribution >= 0.6 is 0 Å². The number of halogens is 4. The minimum atomic E-state index is -4.70. The Labute approximate surface area is 148 Å². The second kappa shape index (κ2) is 6.24. The van der Waals surface area contributed by atoms with Crippen LogP contribution in [0.1, 0.15) is 34.6 Å². The zero-order chi connectivity index (χ0) is 18.3. The van der Waals surface area contributed by atoms with Gasteiger partial charge in [0.25, 0.3) is 0 Å². The monoisotopic (exact) mass is 357 g/mol. The molecule has 3 aromatic rings. The molecule has 1 unspecified atom stereocenters. The van der Waals surface area contributed by atoms with Gasteiger partial charge in [-0.3, -0.25) is 4.98 Å². The molecule has 4 rings (SSSR count). The van der Waals surface area contributed by atoms with Gasteiger partial charge in [0.05, 0.1) is 5.56 Å². The molecule has 0 bridgehead atoms. The second-order valence-corrected chi connectivity index (χ2v) is 6.45. The maximum Gasteiger partial charge on any atom is 0.419 e. The lowest BCUT2D eigenvalue weighted by Crippen LogP contribution is -2.08. The second-order valence-electron chi connectivity index (χ2n) is 6.45. The fraction of sp³-hybridized carbons (Fsp3) is 0.190. The standard InChI is InChI=1S/C21H15F4N/c22-19-10-14(7-9-18(19)21(23,24)25)17-12-26-11-15-6-8-16(20(15)17)13-4-2-1-3-5-13/h1-5,7,9-12,16H,6,8H2. The molecule has 1 aromatic heterocycles. The summed E-state index contributed by atoms with van der Waals surface area (Å²) in [5.74, 6) is -1.13. The maximum atomic E-state index is 14.1. The number of aromatic nitrogens is 1. The molecule has 0 saturated heterocycles. The quantitative estimate of drug-likeness (QED) is 0.514. The van der Waals surface area contributed by atoms with E-state index in [-0.39, 0.29) is 5.92 Å². The predicted octanol–water partition coefficient (Wildman–Crippen LogP) is 5.98. The van der Waals surface area contributed by atoms with Crippen molar-refractivity contribution in [3.8, 4) is 11.1 Å². The smallest absolute Gasteiger partial charge is 0.264 e. The first-order valence-corrected chi connectivity index (χ1v) is 8.34. The Morgan fingerprint density at radius 2 is 1.73 bits per heavy atom. The SMILES string of the molecule is Fc1cc(-c2cncc3c2C(c2ccccc2)CC3)ccc1C(F)(F)F. The molecule has 1 heterocycles. The molecule has 26 heavy (non-hydrogen) atoms. The minimum Gasteiger partial charge on any atom is -0.264 e. The van der Waals surface area contributed by atoms with Crippen molar-refractivity contribution in [1.82, 2.24) is 4.98 Å². The van der Waals surface area contributed by atoms with Crippen LogP contribution in [0.4, 0.5) is 17.6 Å². The van der Waals surface area contributed by atoms with E-state index in [0.29, 0.717) is 11.1 Å². The third-order valence-corrected chi connectivity index (χ3v) is 4.91. The molecule has 5 heteroatoms. The average molecular weight is 357 g/mol. The molecule has 0 radical (unpaired) electrons. The average Bonchev–Trinajstić information content (AvgIpc) is 3.05. The van der Waals surface area contributed by atoms with Gasteiger partial charge in [0.15, 0.2) is 0 Å². The highest BCUT2D eigenvalue weighted by Crippen LogP contribution is 2.43. The Hall–Kier alpha value is -2.69. The van der Waals surface area contributed by atoms with E-state index < -0.39 is 17.6 Å². The van der Waals surface area contributed by atoms with E-state index in [1.54, 1.807) is 12.4 Å². The molecule has 132 valence electrons. The lowest BCUT2D eigenvalue weighted by Gasteiger charge is -2.17.